The molecular formula is C28H38N4O5. The van der Waals surface area contributed by atoms with E-state index in [-0.39, 0.29) is 29.8 Å². The highest BCUT2D eigenvalue weighted by atomic mass is 16.5. The average molecular weight is 511 g/mol. The largest absolute Gasteiger partial charge is 0.493 e. The van der Waals surface area contributed by atoms with Gasteiger partial charge in [-0.1, -0.05) is 0 Å². The maximum Gasteiger partial charge on any atom is 0.251 e. The molecule has 0 aliphatic heterocycles. The predicted octanol–water partition coefficient (Wildman–Crippen LogP) is 5.01. The van der Waals surface area contributed by atoms with Gasteiger partial charge in [0, 0.05) is 35.7 Å². The molecule has 2 aromatic rings. The normalized spacial score (nSPS) is 16.9. The van der Waals surface area contributed by atoms with Gasteiger partial charge < -0.3 is 30.0 Å². The highest BCUT2D eigenvalue weighted by molar-refractivity contribution is 5.95. The molecule has 37 heavy (non-hydrogen) atoms. The van der Waals surface area contributed by atoms with Crippen LogP contribution in [-0.2, 0) is 9.47 Å². The van der Waals surface area contributed by atoms with E-state index in [4.69, 9.17) is 35.5 Å². The number of nitrogens with two attached hydrogens (primary N) is 1. The van der Waals surface area contributed by atoms with Gasteiger partial charge >= 0.3 is 0 Å². The quantitative estimate of drug-likeness (QED) is 0.180. The molecule has 1 amide bonds. The number of ether oxygens (including phenoxy) is 4. The first-order chi connectivity index (χ1) is 17.9. The predicted molar refractivity (Wildman–Crippen MR) is 143 cm³/mol. The van der Waals surface area contributed by atoms with Crippen LogP contribution in [0.15, 0.2) is 42.5 Å². The Balaban J connectivity index is 1.72. The summed E-state index contributed by atoms with van der Waals surface area (Å²) in [6, 6.07) is 12.4. The average Bonchev–Trinajstić information content (AvgIpc) is 2.88. The lowest BCUT2D eigenvalue weighted by atomic mass is 9.91. The van der Waals surface area contributed by atoms with Crippen LogP contribution in [0, 0.1) is 10.8 Å². The van der Waals surface area contributed by atoms with E-state index < -0.39 is 0 Å². The van der Waals surface area contributed by atoms with Gasteiger partial charge in [0.1, 0.15) is 17.2 Å². The van der Waals surface area contributed by atoms with Gasteiger partial charge in [0.15, 0.2) is 5.90 Å². The molecule has 0 unspecified atom stereocenters. The molecule has 0 aromatic heterocycles. The van der Waals surface area contributed by atoms with E-state index in [1.54, 1.807) is 42.5 Å². The van der Waals surface area contributed by atoms with Crippen LogP contribution in [0.25, 0.3) is 0 Å². The molecule has 0 spiro atoms. The monoisotopic (exact) mass is 510 g/mol. The third-order valence-corrected chi connectivity index (χ3v) is 6.03. The number of nitrogens with one attached hydrogen (secondary N) is 3. The van der Waals surface area contributed by atoms with E-state index in [2.05, 4.69) is 5.32 Å². The molecule has 1 fully saturated rings. The Bertz CT molecular complexity index is 1050. The Hall–Kier alpha value is -3.59. The lowest BCUT2D eigenvalue weighted by Gasteiger charge is -2.26. The van der Waals surface area contributed by atoms with Gasteiger partial charge in [-0.3, -0.25) is 15.6 Å². The van der Waals surface area contributed by atoms with Crippen LogP contribution in [0.3, 0.4) is 0 Å². The van der Waals surface area contributed by atoms with Crippen molar-refractivity contribution < 1.29 is 23.7 Å². The summed E-state index contributed by atoms with van der Waals surface area (Å²) < 4.78 is 22.4. The lowest BCUT2D eigenvalue weighted by Crippen LogP contribution is -2.40. The van der Waals surface area contributed by atoms with Crippen molar-refractivity contribution in [3.05, 3.63) is 53.6 Å². The fourth-order valence-corrected chi connectivity index (χ4v) is 4.08. The fourth-order valence-electron chi connectivity index (χ4n) is 4.08. The first-order valence-corrected chi connectivity index (χ1v) is 12.9. The minimum absolute atomic E-state index is 0.0963. The molecule has 5 N–H and O–H groups in total. The summed E-state index contributed by atoms with van der Waals surface area (Å²) >= 11 is 0. The Kier molecular flexibility index (Phi) is 10.8. The molecule has 9 nitrogen and oxygen atoms in total. The lowest BCUT2D eigenvalue weighted by molar-refractivity contribution is 0.0925. The Labute approximate surface area is 218 Å². The molecule has 0 atom stereocenters. The molecule has 0 saturated heterocycles. The van der Waals surface area contributed by atoms with Crippen LogP contribution in [0.1, 0.15) is 68.3 Å². The summed E-state index contributed by atoms with van der Waals surface area (Å²) in [5, 5.41) is 18.8. The number of amides is 1. The molecule has 0 heterocycles. The molecule has 0 radical (unpaired) electrons. The second-order valence-electron chi connectivity index (χ2n) is 8.98. The third kappa shape index (κ3) is 9.09. The van der Waals surface area contributed by atoms with E-state index in [1.165, 1.54) is 0 Å². The summed E-state index contributed by atoms with van der Waals surface area (Å²) in [5.41, 5.74) is 7.09. The molecule has 0 bridgehead atoms. The van der Waals surface area contributed by atoms with Crippen LogP contribution >= 0.6 is 0 Å². The van der Waals surface area contributed by atoms with Crippen molar-refractivity contribution in [1.82, 2.24) is 5.32 Å². The van der Waals surface area contributed by atoms with Gasteiger partial charge in [0.05, 0.1) is 19.8 Å². The number of hydrogen-bond acceptors (Lipinski definition) is 8. The fraction of sp³-hybridized carbons (Fsp3) is 0.464. The van der Waals surface area contributed by atoms with Gasteiger partial charge in [-0.15, -0.1) is 0 Å². The third-order valence-electron chi connectivity index (χ3n) is 6.03. The molecule has 1 aliphatic carbocycles. The molecule has 2 aromatic carbocycles. The standard InChI is InChI=1S/C28H38N4O5/c1-3-34-26(30)6-5-15-36-24-16-20(28(33)32-22-11-9-21(29)10-12-22)17-25(18-24)37-23-13-7-19(8-14-23)27(31)35-4-2/h7-8,13-14,16-18,21-22,30-31H,3-6,9-12,15,29H2,1-2H3,(H,32,33). The van der Waals surface area contributed by atoms with Crippen molar-refractivity contribution in [3.8, 4) is 17.2 Å². The van der Waals surface area contributed by atoms with Crippen molar-refractivity contribution in [2.75, 3.05) is 19.8 Å². The van der Waals surface area contributed by atoms with Crippen LogP contribution < -0.4 is 20.5 Å². The van der Waals surface area contributed by atoms with Gasteiger partial charge in [-0.05, 0) is 82.3 Å². The van der Waals surface area contributed by atoms with Gasteiger partial charge in [0.25, 0.3) is 5.91 Å². The van der Waals surface area contributed by atoms with Crippen molar-refractivity contribution >= 4 is 17.7 Å². The van der Waals surface area contributed by atoms with Gasteiger partial charge in [-0.25, -0.2) is 0 Å². The maximum atomic E-state index is 13.1. The van der Waals surface area contributed by atoms with Crippen molar-refractivity contribution in [2.45, 2.75) is 64.5 Å². The van der Waals surface area contributed by atoms with Crippen LogP contribution in [0.4, 0.5) is 0 Å². The zero-order chi connectivity index (χ0) is 26.6. The highest BCUT2D eigenvalue weighted by Crippen LogP contribution is 2.29. The summed E-state index contributed by atoms with van der Waals surface area (Å²) in [6.45, 7) is 4.95. The SMILES string of the molecule is CCOC(=N)CCCOc1cc(Oc2ccc(C(=N)OCC)cc2)cc(C(=O)NC2CCC(N)CC2)c1. The minimum Gasteiger partial charge on any atom is -0.493 e. The maximum absolute atomic E-state index is 13.1. The topological polar surface area (TPSA) is 140 Å². The van der Waals surface area contributed by atoms with Crippen molar-refractivity contribution in [3.63, 3.8) is 0 Å². The van der Waals surface area contributed by atoms with Crippen molar-refractivity contribution in [1.29, 1.82) is 10.8 Å². The summed E-state index contributed by atoms with van der Waals surface area (Å²) in [6.07, 6.45) is 4.61. The number of carbonyl (C=O) groups is 1. The first kappa shape index (κ1) is 28.0. The molecule has 1 aliphatic rings. The first-order valence-electron chi connectivity index (χ1n) is 12.9. The Morgan fingerprint density at radius 1 is 0.919 bits per heavy atom. The molecule has 3 rings (SSSR count). The second kappa shape index (κ2) is 14.2. The molecule has 1 saturated carbocycles. The highest BCUT2D eigenvalue weighted by Gasteiger charge is 2.21. The Morgan fingerprint density at radius 2 is 1.59 bits per heavy atom. The van der Waals surface area contributed by atoms with Gasteiger partial charge in [0.2, 0.25) is 5.90 Å². The van der Waals surface area contributed by atoms with Crippen LogP contribution in [-0.4, -0.2) is 49.6 Å². The molecule has 9 heteroatoms. The zero-order valence-electron chi connectivity index (χ0n) is 21.7. The summed E-state index contributed by atoms with van der Waals surface area (Å²) in [7, 11) is 0. The second-order valence-corrected chi connectivity index (χ2v) is 8.98. The van der Waals surface area contributed by atoms with Gasteiger partial charge in [-0.2, -0.15) is 0 Å². The van der Waals surface area contributed by atoms with E-state index >= 15 is 0 Å². The molecular weight excluding hydrogens is 472 g/mol. The number of rotatable bonds is 12. The smallest absolute Gasteiger partial charge is 0.251 e. The minimum atomic E-state index is -0.186. The van der Waals surface area contributed by atoms with E-state index in [9.17, 15) is 4.79 Å². The van der Waals surface area contributed by atoms with E-state index in [0.717, 1.165) is 25.7 Å². The number of carbonyl (C=O) groups excluding carboxylic acids is 1. The van der Waals surface area contributed by atoms with E-state index in [1.807, 2.05) is 13.8 Å². The Morgan fingerprint density at radius 3 is 2.27 bits per heavy atom. The van der Waals surface area contributed by atoms with E-state index in [0.29, 0.717) is 61.0 Å². The molecule has 200 valence electrons. The van der Waals surface area contributed by atoms with Crippen molar-refractivity contribution in [2.24, 2.45) is 5.73 Å². The number of benzene rings is 2. The zero-order valence-corrected chi connectivity index (χ0v) is 21.7. The van der Waals surface area contributed by atoms with Crippen LogP contribution in [0.5, 0.6) is 17.2 Å². The van der Waals surface area contributed by atoms with Crippen LogP contribution in [0.2, 0.25) is 0 Å². The summed E-state index contributed by atoms with van der Waals surface area (Å²) in [5.74, 6) is 1.67. The number of hydrogen-bond donors (Lipinski definition) is 4. The summed E-state index contributed by atoms with van der Waals surface area (Å²) in [4.78, 5) is 13.1.